The third kappa shape index (κ3) is 5.24. The Morgan fingerprint density at radius 1 is 1.11 bits per heavy atom. The van der Waals surface area contributed by atoms with Gasteiger partial charge in [0, 0.05) is 17.8 Å². The molecule has 0 aliphatic carbocycles. The normalized spacial score (nSPS) is 11.0. The van der Waals surface area contributed by atoms with Crippen LogP contribution in [0.1, 0.15) is 34.6 Å². The summed E-state index contributed by atoms with van der Waals surface area (Å²) in [5.41, 5.74) is 1.34. The molecule has 0 unspecified atom stereocenters. The third-order valence-corrected chi connectivity index (χ3v) is 5.42. The fraction of sp³-hybridized carbons (Fsp3) is 0.263. The van der Waals surface area contributed by atoms with E-state index >= 15 is 0 Å². The van der Waals surface area contributed by atoms with Crippen molar-refractivity contribution in [2.24, 2.45) is 0 Å². The second kappa shape index (κ2) is 9.07. The lowest BCUT2D eigenvalue weighted by Crippen LogP contribution is -2.29. The lowest BCUT2D eigenvalue weighted by molar-refractivity contribution is 0.0526. The van der Waals surface area contributed by atoms with Crippen LogP contribution in [0.15, 0.2) is 42.5 Å². The third-order valence-electron chi connectivity index (χ3n) is 3.82. The number of anilines is 2. The molecule has 1 amide bonds. The summed E-state index contributed by atoms with van der Waals surface area (Å²) < 4.78 is 29.7. The van der Waals surface area contributed by atoms with Crippen LogP contribution in [0, 0.1) is 0 Å². The summed E-state index contributed by atoms with van der Waals surface area (Å²) in [7, 11) is -3.40. The van der Waals surface area contributed by atoms with Crippen LogP contribution in [-0.2, 0) is 14.8 Å². The van der Waals surface area contributed by atoms with Crippen molar-refractivity contribution in [3.63, 3.8) is 0 Å². The Labute approximate surface area is 169 Å². The molecule has 0 heterocycles. The molecule has 0 aliphatic heterocycles. The van der Waals surface area contributed by atoms with Gasteiger partial charge in [0.15, 0.2) is 0 Å². The maximum absolute atomic E-state index is 12.5. The van der Waals surface area contributed by atoms with Crippen LogP contribution in [0.5, 0.6) is 0 Å². The molecule has 9 heteroatoms. The summed E-state index contributed by atoms with van der Waals surface area (Å²) in [5.74, 6) is -0.987. The highest BCUT2D eigenvalue weighted by atomic mass is 35.5. The molecule has 150 valence electrons. The van der Waals surface area contributed by atoms with Gasteiger partial charge in [-0.3, -0.25) is 9.10 Å². The monoisotopic (exact) mass is 424 g/mol. The summed E-state index contributed by atoms with van der Waals surface area (Å²) in [6.07, 6.45) is 1.12. The zero-order valence-corrected chi connectivity index (χ0v) is 17.3. The van der Waals surface area contributed by atoms with Crippen LogP contribution in [0.3, 0.4) is 0 Å². The molecule has 2 aromatic carbocycles. The number of esters is 1. The molecule has 0 fully saturated rings. The lowest BCUT2D eigenvalue weighted by atomic mass is 10.1. The number of sulfonamides is 1. The van der Waals surface area contributed by atoms with Crippen LogP contribution in [-0.4, -0.2) is 39.7 Å². The van der Waals surface area contributed by atoms with Crippen LogP contribution in [0.2, 0.25) is 5.02 Å². The molecule has 0 atom stereocenters. The number of nitrogens with zero attached hydrogens (tertiary/aromatic N) is 1. The summed E-state index contributed by atoms with van der Waals surface area (Å²) in [6, 6.07) is 10.7. The van der Waals surface area contributed by atoms with E-state index in [1.54, 1.807) is 32.0 Å². The van der Waals surface area contributed by atoms with Crippen molar-refractivity contribution >= 4 is 44.9 Å². The Hall–Kier alpha value is -2.58. The number of hydrogen-bond acceptors (Lipinski definition) is 5. The quantitative estimate of drug-likeness (QED) is 0.686. The molecule has 0 saturated heterocycles. The summed E-state index contributed by atoms with van der Waals surface area (Å²) in [6.45, 7) is 3.90. The van der Waals surface area contributed by atoms with Gasteiger partial charge in [0.1, 0.15) is 0 Å². The predicted octanol–water partition coefficient (Wildman–Crippen LogP) is 3.55. The number of amides is 1. The first-order valence-corrected chi connectivity index (χ1v) is 10.8. The first kappa shape index (κ1) is 21.7. The molecule has 0 saturated carbocycles. The Kier molecular flexibility index (Phi) is 7.04. The molecule has 2 aromatic rings. The van der Waals surface area contributed by atoms with Gasteiger partial charge < -0.3 is 10.1 Å². The highest BCUT2D eigenvalue weighted by molar-refractivity contribution is 7.92. The van der Waals surface area contributed by atoms with Crippen molar-refractivity contribution in [3.05, 3.63) is 58.6 Å². The van der Waals surface area contributed by atoms with Crippen molar-refractivity contribution in [1.29, 1.82) is 0 Å². The molecular formula is C19H21ClN2O5S. The van der Waals surface area contributed by atoms with Gasteiger partial charge in [0.2, 0.25) is 10.0 Å². The molecule has 7 nitrogen and oxygen atoms in total. The Morgan fingerprint density at radius 3 is 2.29 bits per heavy atom. The van der Waals surface area contributed by atoms with Crippen LogP contribution in [0.25, 0.3) is 0 Å². The number of halogens is 1. The van der Waals surface area contributed by atoms with E-state index in [0.29, 0.717) is 16.9 Å². The van der Waals surface area contributed by atoms with E-state index in [1.807, 2.05) is 0 Å². The second-order valence-electron chi connectivity index (χ2n) is 5.84. The van der Waals surface area contributed by atoms with Gasteiger partial charge >= 0.3 is 5.97 Å². The fourth-order valence-electron chi connectivity index (χ4n) is 2.56. The first-order chi connectivity index (χ1) is 13.2. The number of nitrogens with one attached hydrogen (secondary N) is 1. The van der Waals surface area contributed by atoms with Crippen molar-refractivity contribution in [2.45, 2.75) is 13.8 Å². The molecule has 0 spiro atoms. The molecule has 0 aromatic heterocycles. The average molecular weight is 425 g/mol. The number of benzene rings is 2. The SMILES string of the molecule is CCOC(=O)c1cc(NC(=O)c2ccc(N(CC)S(C)(=O)=O)cc2)ccc1Cl. The van der Waals surface area contributed by atoms with Crippen molar-refractivity contribution in [1.82, 2.24) is 0 Å². The van der Waals surface area contributed by atoms with Gasteiger partial charge in [0.25, 0.3) is 5.91 Å². The van der Waals surface area contributed by atoms with Crippen LogP contribution >= 0.6 is 11.6 Å². The Balaban J connectivity index is 2.19. The maximum atomic E-state index is 12.5. The van der Waals surface area contributed by atoms with Gasteiger partial charge in [-0.15, -0.1) is 0 Å². The molecule has 0 bridgehead atoms. The van der Waals surface area contributed by atoms with Crippen LogP contribution < -0.4 is 9.62 Å². The summed E-state index contributed by atoms with van der Waals surface area (Å²) in [5, 5.41) is 2.90. The average Bonchev–Trinajstić information content (AvgIpc) is 2.63. The molecule has 0 radical (unpaired) electrons. The largest absolute Gasteiger partial charge is 0.462 e. The van der Waals surface area contributed by atoms with Gasteiger partial charge in [-0.1, -0.05) is 11.6 Å². The molecular weight excluding hydrogens is 404 g/mol. The van der Waals surface area contributed by atoms with E-state index in [1.165, 1.54) is 28.6 Å². The minimum absolute atomic E-state index is 0.156. The van der Waals surface area contributed by atoms with Crippen molar-refractivity contribution < 1.29 is 22.7 Å². The van der Waals surface area contributed by atoms with Crippen molar-refractivity contribution in [2.75, 3.05) is 29.0 Å². The molecule has 2 rings (SSSR count). The topological polar surface area (TPSA) is 92.8 Å². The van der Waals surface area contributed by atoms with E-state index in [2.05, 4.69) is 5.32 Å². The lowest BCUT2D eigenvalue weighted by Gasteiger charge is -2.20. The molecule has 28 heavy (non-hydrogen) atoms. The Bertz CT molecular complexity index is 974. The smallest absolute Gasteiger partial charge is 0.339 e. The second-order valence-corrected chi connectivity index (χ2v) is 8.16. The van der Waals surface area contributed by atoms with Crippen LogP contribution in [0.4, 0.5) is 11.4 Å². The van der Waals surface area contributed by atoms with E-state index in [-0.39, 0.29) is 23.7 Å². The number of ether oxygens (including phenoxy) is 1. The van der Waals surface area contributed by atoms with E-state index in [0.717, 1.165) is 6.26 Å². The van der Waals surface area contributed by atoms with E-state index < -0.39 is 21.9 Å². The standard InChI is InChI=1S/C19H21ClN2O5S/c1-4-22(28(3,25)26)15-9-6-13(7-10-15)18(23)21-14-8-11-17(20)16(12-14)19(24)27-5-2/h6-12H,4-5H2,1-3H3,(H,21,23). The minimum atomic E-state index is -3.40. The zero-order chi connectivity index (χ0) is 20.9. The van der Waals surface area contributed by atoms with E-state index in [9.17, 15) is 18.0 Å². The fourth-order valence-corrected chi connectivity index (χ4v) is 3.73. The van der Waals surface area contributed by atoms with E-state index in [4.69, 9.17) is 16.3 Å². The number of rotatable bonds is 7. The predicted molar refractivity (Wildman–Crippen MR) is 110 cm³/mol. The molecule has 1 N–H and O–H groups in total. The highest BCUT2D eigenvalue weighted by Crippen LogP contribution is 2.23. The van der Waals surface area contributed by atoms with Gasteiger partial charge in [-0.25, -0.2) is 13.2 Å². The maximum Gasteiger partial charge on any atom is 0.339 e. The number of carbonyl (C=O) groups is 2. The highest BCUT2D eigenvalue weighted by Gasteiger charge is 2.17. The van der Waals surface area contributed by atoms with Crippen molar-refractivity contribution in [3.8, 4) is 0 Å². The Morgan fingerprint density at radius 2 is 1.75 bits per heavy atom. The number of hydrogen-bond donors (Lipinski definition) is 1. The molecule has 0 aliphatic rings. The minimum Gasteiger partial charge on any atom is -0.462 e. The van der Waals surface area contributed by atoms with Gasteiger partial charge in [-0.2, -0.15) is 0 Å². The zero-order valence-electron chi connectivity index (χ0n) is 15.7. The first-order valence-electron chi connectivity index (χ1n) is 8.53. The van der Waals surface area contributed by atoms with Gasteiger partial charge in [0.05, 0.1) is 29.1 Å². The summed E-state index contributed by atoms with van der Waals surface area (Å²) in [4.78, 5) is 24.4. The number of carbonyl (C=O) groups excluding carboxylic acids is 2. The van der Waals surface area contributed by atoms with Gasteiger partial charge in [-0.05, 0) is 56.3 Å². The summed E-state index contributed by atoms with van der Waals surface area (Å²) >= 11 is 6.01.